The van der Waals surface area contributed by atoms with Crippen molar-refractivity contribution in [3.05, 3.63) is 64.6 Å². The molecular formula is C12H13AsBr2F6I. The molecule has 0 aliphatic rings. The number of rotatable bonds is 2. The van der Waals surface area contributed by atoms with Crippen molar-refractivity contribution in [1.29, 1.82) is 0 Å². The van der Waals surface area contributed by atoms with Gasteiger partial charge in [-0.2, -0.15) is 0 Å². The third-order valence-electron chi connectivity index (χ3n) is 1.83. The summed E-state index contributed by atoms with van der Waals surface area (Å²) in [5.41, 5.74) is 0. The van der Waals surface area contributed by atoms with Gasteiger partial charge in [0.25, 0.3) is 0 Å². The second kappa shape index (κ2) is 19.3. The van der Waals surface area contributed by atoms with Crippen LogP contribution in [0.15, 0.2) is 57.5 Å². The molecule has 0 aliphatic carbocycles. The molecule has 0 aromatic heterocycles. The van der Waals surface area contributed by atoms with Gasteiger partial charge in [0.2, 0.25) is 0 Å². The molecule has 0 bridgehead atoms. The standard InChI is InChI=1S/C12H8Br2I.As.6FH/c13-9-1-5-11(6-2-9)15-12-7-3-10(14)4-8-12;;;;;;;/h1-8H;;6*1H/q+1;;;;;;;/p-1. The Kier molecular flexibility index (Phi) is 33.4. The summed E-state index contributed by atoms with van der Waals surface area (Å²) >= 11 is 6.85. The molecule has 2 aromatic rings. The fourth-order valence-corrected chi connectivity index (χ4v) is 3.80. The van der Waals surface area contributed by atoms with Gasteiger partial charge in [0, 0.05) is 26.9 Å². The molecular weight excluding hydrogens is 620 g/mol. The molecule has 3 radical (unpaired) electrons. The van der Waals surface area contributed by atoms with Crippen molar-refractivity contribution in [2.75, 3.05) is 0 Å². The van der Waals surface area contributed by atoms with E-state index in [0.717, 1.165) is 8.95 Å². The molecule has 0 saturated heterocycles. The van der Waals surface area contributed by atoms with E-state index in [2.05, 4.69) is 80.4 Å². The van der Waals surface area contributed by atoms with E-state index in [-0.39, 0.29) is 67.4 Å². The summed E-state index contributed by atoms with van der Waals surface area (Å²) in [6.07, 6.45) is 0. The van der Waals surface area contributed by atoms with Crippen molar-refractivity contribution in [2.24, 2.45) is 0 Å². The average Bonchev–Trinajstić information content (AvgIpc) is 2.25. The minimum absolute atomic E-state index is 0. The Labute approximate surface area is 162 Å². The molecule has 2 aromatic carbocycles. The number of benzene rings is 2. The summed E-state index contributed by atoms with van der Waals surface area (Å²) in [7, 11) is 0. The Balaban J connectivity index is -0.0000000914. The van der Waals surface area contributed by atoms with E-state index in [4.69, 9.17) is 0 Å². The van der Waals surface area contributed by atoms with E-state index in [1.807, 2.05) is 0 Å². The van der Waals surface area contributed by atoms with Gasteiger partial charge in [-0.3, -0.25) is 23.5 Å². The van der Waals surface area contributed by atoms with E-state index in [9.17, 15) is 0 Å². The van der Waals surface area contributed by atoms with Crippen LogP contribution >= 0.6 is 31.9 Å². The minimum atomic E-state index is -0.0385. The molecule has 0 fully saturated rings. The fraction of sp³-hybridized carbons (Fsp3) is 0. The summed E-state index contributed by atoms with van der Waals surface area (Å²) in [5, 5.41) is 0. The number of halogens is 9. The van der Waals surface area contributed by atoms with Gasteiger partial charge < -0.3 is 4.70 Å². The fourth-order valence-electron chi connectivity index (χ4n) is 1.11. The maximum Gasteiger partial charge on any atom is 0.357 e. The molecule has 22 heavy (non-hydrogen) atoms. The van der Waals surface area contributed by atoms with Gasteiger partial charge in [-0.05, 0) is 48.5 Å². The third-order valence-corrected chi connectivity index (χ3v) is 5.57. The van der Waals surface area contributed by atoms with Gasteiger partial charge in [-0.25, -0.2) is 0 Å². The number of hydrogen-bond acceptors (Lipinski definition) is 0. The van der Waals surface area contributed by atoms with E-state index in [1.54, 1.807) is 0 Å². The van der Waals surface area contributed by atoms with Gasteiger partial charge in [0.1, 0.15) is 0 Å². The van der Waals surface area contributed by atoms with Crippen LogP contribution < -0.4 is 25.9 Å². The Morgan fingerprint density at radius 2 is 0.773 bits per heavy atom. The first-order chi connectivity index (χ1) is 7.24. The molecule has 0 amide bonds. The maximum absolute atomic E-state index is 3.45. The van der Waals surface area contributed by atoms with Crippen molar-refractivity contribution in [3.63, 3.8) is 0 Å². The van der Waals surface area contributed by atoms with Crippen LogP contribution in [0.4, 0.5) is 23.5 Å². The van der Waals surface area contributed by atoms with Crippen LogP contribution in [-0.2, 0) is 0 Å². The van der Waals surface area contributed by atoms with Crippen molar-refractivity contribution in [2.45, 2.75) is 0 Å². The zero-order valence-electron chi connectivity index (χ0n) is 10.6. The second-order valence-corrected chi connectivity index (χ2v) is 7.83. The monoisotopic (exact) mass is 631 g/mol. The summed E-state index contributed by atoms with van der Waals surface area (Å²) < 4.78 is 5.18. The minimum Gasteiger partial charge on any atom is -1.00 e. The second-order valence-electron chi connectivity index (χ2n) is 2.97. The molecule has 10 heteroatoms. The van der Waals surface area contributed by atoms with Crippen molar-refractivity contribution < 1.29 is 49.4 Å². The molecule has 0 nitrogen and oxygen atoms in total. The van der Waals surface area contributed by atoms with Crippen molar-refractivity contribution in [3.8, 4) is 0 Å². The predicted molar refractivity (Wildman–Crippen MR) is 83.9 cm³/mol. The molecule has 0 spiro atoms. The van der Waals surface area contributed by atoms with Crippen molar-refractivity contribution in [1.82, 2.24) is 0 Å². The SMILES string of the molecule is Brc1ccc([I+]c2ccc(Br)cc2)cc1.F.F.F.F.F.[As].[F-]. The molecule has 129 valence electrons. The predicted octanol–water partition coefficient (Wildman–Crippen LogP) is -1.27. The molecule has 0 aliphatic heterocycles. The quantitative estimate of drug-likeness (QED) is 0.220. The zero-order valence-corrected chi connectivity index (χ0v) is 17.8. The Bertz CT molecular complexity index is 415. The topological polar surface area (TPSA) is 0 Å². The van der Waals surface area contributed by atoms with Gasteiger partial charge in [-0.15, -0.1) is 0 Å². The van der Waals surface area contributed by atoms with Gasteiger partial charge in [-0.1, -0.05) is 31.9 Å². The molecule has 0 saturated carbocycles. The van der Waals surface area contributed by atoms with E-state index < -0.39 is 0 Å². The zero-order chi connectivity index (χ0) is 10.7. The Hall–Kier alpha value is 0.268. The largest absolute Gasteiger partial charge is 1.00 e. The van der Waals surface area contributed by atoms with E-state index >= 15 is 0 Å². The maximum atomic E-state index is 3.45. The normalized spacial score (nSPS) is 7.00. The van der Waals surface area contributed by atoms with Crippen LogP contribution in [0, 0.1) is 7.14 Å². The Morgan fingerprint density at radius 3 is 1.00 bits per heavy atom. The van der Waals surface area contributed by atoms with E-state index in [1.165, 1.54) is 7.14 Å². The van der Waals surface area contributed by atoms with Crippen molar-refractivity contribution >= 4 is 49.8 Å². The van der Waals surface area contributed by atoms with Crippen LogP contribution in [0.2, 0.25) is 0 Å². The smallest absolute Gasteiger partial charge is 0.357 e. The van der Waals surface area contributed by atoms with Gasteiger partial charge in [0.15, 0.2) is 7.14 Å². The first-order valence-electron chi connectivity index (χ1n) is 4.40. The molecule has 2 rings (SSSR count). The third kappa shape index (κ3) is 12.8. The van der Waals surface area contributed by atoms with Gasteiger partial charge >= 0.3 is 21.2 Å². The molecule has 0 N–H and O–H groups in total. The van der Waals surface area contributed by atoms with Crippen LogP contribution in [0.3, 0.4) is 0 Å². The summed E-state index contributed by atoms with van der Waals surface area (Å²) in [6.45, 7) is 0. The Morgan fingerprint density at radius 1 is 0.545 bits per heavy atom. The van der Waals surface area contributed by atoms with Crippen LogP contribution in [0.25, 0.3) is 0 Å². The summed E-state index contributed by atoms with van der Waals surface area (Å²) in [4.78, 5) is 0. The molecule has 0 heterocycles. The summed E-state index contributed by atoms with van der Waals surface area (Å²) in [6, 6.07) is 17.2. The van der Waals surface area contributed by atoms with Crippen LogP contribution in [0.1, 0.15) is 0 Å². The van der Waals surface area contributed by atoms with Crippen LogP contribution in [0.5, 0.6) is 0 Å². The molecule has 0 atom stereocenters. The average molecular weight is 633 g/mol. The first kappa shape index (κ1) is 38.1. The van der Waals surface area contributed by atoms with E-state index in [0.29, 0.717) is 0 Å². The summed E-state index contributed by atoms with van der Waals surface area (Å²) in [5.74, 6) is 0. The molecule has 0 unspecified atom stereocenters. The van der Waals surface area contributed by atoms with Gasteiger partial charge in [0.05, 0.1) is 0 Å². The van der Waals surface area contributed by atoms with Crippen LogP contribution in [-0.4, -0.2) is 18.0 Å². The first-order valence-corrected chi connectivity index (χ1v) is 8.14. The number of hydrogen-bond donors (Lipinski definition) is 0.